The number of nitrogens with zero attached hydrogens (tertiary/aromatic N) is 2. The molecule has 88 valence electrons. The molecule has 0 saturated carbocycles. The van der Waals surface area contributed by atoms with Crippen molar-refractivity contribution in [3.8, 4) is 0 Å². The topological polar surface area (TPSA) is 6.48 Å². The number of hydrogen-bond donors (Lipinski definition) is 0. The molecule has 0 amide bonds. The maximum absolute atomic E-state index is 5.44. The van der Waals surface area contributed by atoms with Crippen molar-refractivity contribution in [3.63, 3.8) is 0 Å². The van der Waals surface area contributed by atoms with Crippen molar-refractivity contribution >= 4 is 17.2 Å². The van der Waals surface area contributed by atoms with Crippen molar-refractivity contribution in [1.82, 2.24) is 9.80 Å². The Labute approximate surface area is 99.6 Å². The Morgan fingerprint density at radius 3 is 1.87 bits per heavy atom. The predicted octanol–water partition coefficient (Wildman–Crippen LogP) is 2.39. The quantitative estimate of drug-likeness (QED) is 0.636. The second-order valence-electron chi connectivity index (χ2n) is 5.64. The number of thiocarbonyl (C=S) groups is 1. The van der Waals surface area contributed by atoms with Crippen LogP contribution in [0.4, 0.5) is 0 Å². The summed E-state index contributed by atoms with van der Waals surface area (Å²) in [7, 11) is 0. The lowest BCUT2D eigenvalue weighted by molar-refractivity contribution is 0.0878. The molecule has 3 heteroatoms. The van der Waals surface area contributed by atoms with Gasteiger partial charge >= 0.3 is 0 Å². The maximum Gasteiger partial charge on any atom is 0.0805 e. The summed E-state index contributed by atoms with van der Waals surface area (Å²) in [5.41, 5.74) is 0.297. The number of hydrogen-bond acceptors (Lipinski definition) is 2. The molecular weight excluding hydrogens is 204 g/mol. The highest BCUT2D eigenvalue weighted by Gasteiger charge is 2.26. The monoisotopic (exact) mass is 228 g/mol. The van der Waals surface area contributed by atoms with Crippen LogP contribution in [0.25, 0.3) is 0 Å². The molecule has 0 N–H and O–H groups in total. The number of piperazine rings is 1. The molecule has 0 aromatic heterocycles. The van der Waals surface area contributed by atoms with E-state index in [4.69, 9.17) is 12.2 Å². The summed E-state index contributed by atoms with van der Waals surface area (Å²) in [5, 5.41) is 0. The fraction of sp³-hybridized carbons (Fsp3) is 0.917. The highest BCUT2D eigenvalue weighted by Crippen LogP contribution is 2.17. The number of rotatable bonds is 1. The van der Waals surface area contributed by atoms with E-state index in [0.29, 0.717) is 11.5 Å². The van der Waals surface area contributed by atoms with Crippen LogP contribution < -0.4 is 0 Å². The summed E-state index contributed by atoms with van der Waals surface area (Å²) < 4.78 is 0. The van der Waals surface area contributed by atoms with Gasteiger partial charge < -0.3 is 4.90 Å². The van der Waals surface area contributed by atoms with E-state index in [1.54, 1.807) is 0 Å². The molecule has 0 spiro atoms. The first-order valence-electron chi connectivity index (χ1n) is 5.86. The molecule has 0 unspecified atom stereocenters. The van der Waals surface area contributed by atoms with E-state index < -0.39 is 0 Å². The zero-order valence-corrected chi connectivity index (χ0v) is 11.5. The fourth-order valence-electron chi connectivity index (χ4n) is 1.96. The molecular formula is C12H24N2S. The van der Waals surface area contributed by atoms with Crippen molar-refractivity contribution in [2.24, 2.45) is 5.92 Å². The molecule has 15 heavy (non-hydrogen) atoms. The molecule has 0 aromatic carbocycles. The van der Waals surface area contributed by atoms with Gasteiger partial charge in [0.25, 0.3) is 0 Å². The van der Waals surface area contributed by atoms with Gasteiger partial charge in [-0.05, 0) is 20.8 Å². The fourth-order valence-corrected chi connectivity index (χ4v) is 2.15. The van der Waals surface area contributed by atoms with E-state index in [0.717, 1.165) is 31.2 Å². The van der Waals surface area contributed by atoms with Gasteiger partial charge in [-0.25, -0.2) is 0 Å². The Bertz CT molecular complexity index is 222. The van der Waals surface area contributed by atoms with Gasteiger partial charge in [-0.2, -0.15) is 0 Å². The molecule has 1 saturated heterocycles. The van der Waals surface area contributed by atoms with Crippen LogP contribution in [0.5, 0.6) is 0 Å². The minimum atomic E-state index is 0.297. The van der Waals surface area contributed by atoms with E-state index in [1.807, 2.05) is 0 Å². The summed E-state index contributed by atoms with van der Waals surface area (Å²) in [6.45, 7) is 15.7. The normalized spacial score (nSPS) is 19.7. The van der Waals surface area contributed by atoms with Crippen LogP contribution >= 0.6 is 12.2 Å². The van der Waals surface area contributed by atoms with Crippen LogP contribution in [-0.4, -0.2) is 46.5 Å². The molecule has 1 aliphatic heterocycles. The third-order valence-corrected chi connectivity index (χ3v) is 3.76. The minimum absolute atomic E-state index is 0.297. The van der Waals surface area contributed by atoms with Crippen LogP contribution in [0.15, 0.2) is 0 Å². The highest BCUT2D eigenvalue weighted by molar-refractivity contribution is 7.80. The Morgan fingerprint density at radius 2 is 1.53 bits per heavy atom. The second kappa shape index (κ2) is 4.79. The highest BCUT2D eigenvalue weighted by atomic mass is 32.1. The third kappa shape index (κ3) is 3.42. The maximum atomic E-state index is 5.44. The summed E-state index contributed by atoms with van der Waals surface area (Å²) in [6.07, 6.45) is 0. The van der Waals surface area contributed by atoms with Crippen LogP contribution in [0.2, 0.25) is 0 Å². The smallest absolute Gasteiger partial charge is 0.0805 e. The first-order chi connectivity index (χ1) is 6.82. The lowest BCUT2D eigenvalue weighted by atomic mass is 10.0. The second-order valence-corrected chi connectivity index (χ2v) is 6.06. The van der Waals surface area contributed by atoms with Crippen molar-refractivity contribution < 1.29 is 0 Å². The average Bonchev–Trinajstić information content (AvgIpc) is 2.15. The summed E-state index contributed by atoms with van der Waals surface area (Å²) in [6, 6.07) is 0. The molecule has 0 aliphatic carbocycles. The van der Waals surface area contributed by atoms with Gasteiger partial charge in [0.1, 0.15) is 0 Å². The van der Waals surface area contributed by atoms with Crippen LogP contribution in [0, 0.1) is 5.92 Å². The molecule has 0 aromatic rings. The van der Waals surface area contributed by atoms with Gasteiger partial charge in [0.2, 0.25) is 0 Å². The van der Waals surface area contributed by atoms with Gasteiger partial charge in [-0.1, -0.05) is 26.1 Å². The van der Waals surface area contributed by atoms with E-state index in [-0.39, 0.29) is 0 Å². The van der Waals surface area contributed by atoms with Crippen LogP contribution in [0.3, 0.4) is 0 Å². The largest absolute Gasteiger partial charge is 0.363 e. The summed E-state index contributed by atoms with van der Waals surface area (Å²) in [5.74, 6) is 0.501. The lowest BCUT2D eigenvalue weighted by Gasteiger charge is -2.43. The Kier molecular flexibility index (Phi) is 4.13. The molecule has 1 heterocycles. The minimum Gasteiger partial charge on any atom is -0.363 e. The molecule has 1 aliphatic rings. The van der Waals surface area contributed by atoms with Crippen molar-refractivity contribution in [1.29, 1.82) is 0 Å². The van der Waals surface area contributed by atoms with Gasteiger partial charge in [0, 0.05) is 37.6 Å². The van der Waals surface area contributed by atoms with Crippen LogP contribution in [0.1, 0.15) is 34.6 Å². The van der Waals surface area contributed by atoms with Crippen molar-refractivity contribution in [2.45, 2.75) is 40.2 Å². The van der Waals surface area contributed by atoms with Crippen molar-refractivity contribution in [3.05, 3.63) is 0 Å². The molecule has 0 atom stereocenters. The average molecular weight is 228 g/mol. The van der Waals surface area contributed by atoms with E-state index >= 15 is 0 Å². The zero-order valence-electron chi connectivity index (χ0n) is 10.7. The lowest BCUT2D eigenvalue weighted by Crippen LogP contribution is -2.54. The van der Waals surface area contributed by atoms with E-state index in [9.17, 15) is 0 Å². The van der Waals surface area contributed by atoms with Gasteiger partial charge in [0.15, 0.2) is 0 Å². The van der Waals surface area contributed by atoms with Crippen LogP contribution in [-0.2, 0) is 0 Å². The summed E-state index contributed by atoms with van der Waals surface area (Å²) in [4.78, 5) is 6.03. The Hall–Kier alpha value is -0.150. The predicted molar refractivity (Wildman–Crippen MR) is 70.3 cm³/mol. The molecule has 0 radical (unpaired) electrons. The van der Waals surface area contributed by atoms with Gasteiger partial charge in [-0.3, -0.25) is 4.90 Å². The van der Waals surface area contributed by atoms with Gasteiger partial charge in [-0.15, -0.1) is 0 Å². The first kappa shape index (κ1) is 12.9. The Balaban J connectivity index is 2.46. The van der Waals surface area contributed by atoms with E-state index in [2.05, 4.69) is 44.4 Å². The van der Waals surface area contributed by atoms with Crippen molar-refractivity contribution in [2.75, 3.05) is 26.2 Å². The van der Waals surface area contributed by atoms with Gasteiger partial charge in [0.05, 0.1) is 4.99 Å². The third-order valence-electron chi connectivity index (χ3n) is 3.03. The molecule has 1 fully saturated rings. The molecule has 2 nitrogen and oxygen atoms in total. The molecule has 1 rings (SSSR count). The zero-order chi connectivity index (χ0) is 11.6. The Morgan fingerprint density at radius 1 is 1.07 bits per heavy atom. The molecule has 0 bridgehead atoms. The summed E-state index contributed by atoms with van der Waals surface area (Å²) >= 11 is 5.44. The first-order valence-corrected chi connectivity index (χ1v) is 6.27. The standard InChI is InChI=1S/C12H24N2S/c1-10(2)11(15)13-6-8-14(9-7-13)12(3,4)5/h10H,6-9H2,1-5H3. The van der Waals surface area contributed by atoms with E-state index in [1.165, 1.54) is 0 Å². The SMILES string of the molecule is CC(C)C(=S)N1CCN(C(C)(C)C)CC1.